The third-order valence-corrected chi connectivity index (χ3v) is 5.63. The fourth-order valence-electron chi connectivity index (χ4n) is 3.94. The highest BCUT2D eigenvalue weighted by Gasteiger charge is 2.19. The third-order valence-electron chi connectivity index (χ3n) is 5.63. The van der Waals surface area contributed by atoms with Crippen LogP contribution >= 0.6 is 0 Å². The van der Waals surface area contributed by atoms with E-state index >= 15 is 0 Å². The van der Waals surface area contributed by atoms with Crippen molar-refractivity contribution >= 4 is 22.9 Å². The number of H-pyrrole nitrogens is 1. The van der Waals surface area contributed by atoms with Crippen LogP contribution < -0.4 is 0 Å². The molecule has 0 aliphatic carbocycles. The number of carbonyl (C=O) groups excluding carboxylic acids is 1. The highest BCUT2D eigenvalue weighted by Crippen LogP contribution is 2.23. The lowest BCUT2D eigenvalue weighted by Gasteiger charge is -2.34. The standard InChI is InChI=1S/C24H26FN3O/c1-18-21(22-7-2-3-8-23(22)26-18)9-10-24(29)28-15-13-27(14-16-28)12-11-19-5-4-6-20(25)17-19/h2-10,17,26H,11-16H2,1H3. The summed E-state index contributed by atoms with van der Waals surface area (Å²) in [6.07, 6.45) is 4.43. The average Bonchev–Trinajstić information content (AvgIpc) is 3.06. The Labute approximate surface area is 170 Å². The number of hydrogen-bond donors (Lipinski definition) is 1. The van der Waals surface area contributed by atoms with Crippen molar-refractivity contribution < 1.29 is 9.18 Å². The van der Waals surface area contributed by atoms with Crippen molar-refractivity contribution in [3.05, 3.63) is 77.2 Å². The number of halogens is 1. The normalized spacial score (nSPS) is 15.4. The van der Waals surface area contributed by atoms with Gasteiger partial charge in [-0.15, -0.1) is 0 Å². The molecule has 1 aliphatic heterocycles. The quantitative estimate of drug-likeness (QED) is 0.668. The van der Waals surface area contributed by atoms with Crippen LogP contribution in [0.1, 0.15) is 16.8 Å². The van der Waals surface area contributed by atoms with E-state index in [0.29, 0.717) is 0 Å². The number of para-hydroxylation sites is 1. The molecule has 1 aromatic heterocycles. The number of nitrogens with one attached hydrogen (secondary N) is 1. The summed E-state index contributed by atoms with van der Waals surface area (Å²) in [4.78, 5) is 20.2. The molecule has 1 amide bonds. The van der Waals surface area contributed by atoms with Gasteiger partial charge in [-0.05, 0) is 43.2 Å². The number of fused-ring (bicyclic) bond motifs is 1. The lowest BCUT2D eigenvalue weighted by atomic mass is 10.1. The summed E-state index contributed by atoms with van der Waals surface area (Å²) in [7, 11) is 0. The summed E-state index contributed by atoms with van der Waals surface area (Å²) in [5.74, 6) is -0.130. The summed E-state index contributed by atoms with van der Waals surface area (Å²) in [6.45, 7) is 6.05. The number of hydrogen-bond acceptors (Lipinski definition) is 2. The SMILES string of the molecule is Cc1[nH]c2ccccc2c1C=CC(=O)N1CCN(CCc2cccc(F)c2)CC1. The van der Waals surface area contributed by atoms with Gasteiger partial charge in [-0.2, -0.15) is 0 Å². The Kier molecular flexibility index (Phi) is 5.76. The number of benzene rings is 2. The summed E-state index contributed by atoms with van der Waals surface area (Å²) in [5, 5.41) is 1.14. The van der Waals surface area contributed by atoms with Gasteiger partial charge in [-0.1, -0.05) is 30.3 Å². The zero-order valence-corrected chi connectivity index (χ0v) is 16.7. The second kappa shape index (κ2) is 8.62. The third kappa shape index (κ3) is 4.57. The van der Waals surface area contributed by atoms with E-state index in [2.05, 4.69) is 16.0 Å². The van der Waals surface area contributed by atoms with E-state index in [4.69, 9.17) is 0 Å². The molecule has 2 aromatic carbocycles. The van der Waals surface area contributed by atoms with Crippen LogP contribution in [0.5, 0.6) is 0 Å². The fourth-order valence-corrected chi connectivity index (χ4v) is 3.94. The molecular formula is C24H26FN3O. The zero-order chi connectivity index (χ0) is 20.2. The van der Waals surface area contributed by atoms with E-state index in [9.17, 15) is 9.18 Å². The van der Waals surface area contributed by atoms with Crippen LogP contribution in [-0.4, -0.2) is 53.4 Å². The predicted molar refractivity (Wildman–Crippen MR) is 115 cm³/mol. The number of nitrogens with zero attached hydrogens (tertiary/aromatic N) is 2. The Balaban J connectivity index is 1.31. The molecule has 2 heterocycles. The molecule has 150 valence electrons. The maximum absolute atomic E-state index is 13.3. The van der Waals surface area contributed by atoms with Gasteiger partial charge in [0.1, 0.15) is 5.82 Å². The highest BCUT2D eigenvalue weighted by molar-refractivity contribution is 5.97. The Bertz CT molecular complexity index is 1030. The van der Waals surface area contributed by atoms with Crippen LogP contribution in [0.2, 0.25) is 0 Å². The van der Waals surface area contributed by atoms with E-state index in [1.54, 1.807) is 18.2 Å². The van der Waals surface area contributed by atoms with Crippen molar-refractivity contribution in [1.29, 1.82) is 0 Å². The van der Waals surface area contributed by atoms with Crippen LogP contribution in [0.25, 0.3) is 17.0 Å². The van der Waals surface area contributed by atoms with Crippen LogP contribution in [0.15, 0.2) is 54.6 Å². The lowest BCUT2D eigenvalue weighted by molar-refractivity contribution is -0.127. The Morgan fingerprint density at radius 1 is 1.10 bits per heavy atom. The lowest BCUT2D eigenvalue weighted by Crippen LogP contribution is -2.48. The number of aromatic amines is 1. The van der Waals surface area contributed by atoms with Crippen molar-refractivity contribution in [3.63, 3.8) is 0 Å². The molecule has 1 aliphatic rings. The minimum Gasteiger partial charge on any atom is -0.358 e. The van der Waals surface area contributed by atoms with Gasteiger partial charge in [0.25, 0.3) is 0 Å². The molecule has 4 rings (SSSR count). The van der Waals surface area contributed by atoms with Crippen molar-refractivity contribution in [2.75, 3.05) is 32.7 Å². The number of aromatic nitrogens is 1. The molecule has 3 aromatic rings. The van der Waals surface area contributed by atoms with E-state index in [1.807, 2.05) is 42.2 Å². The Morgan fingerprint density at radius 3 is 2.69 bits per heavy atom. The topological polar surface area (TPSA) is 39.3 Å². The van der Waals surface area contributed by atoms with Crippen molar-refractivity contribution in [3.8, 4) is 0 Å². The van der Waals surface area contributed by atoms with Crippen molar-refractivity contribution in [1.82, 2.24) is 14.8 Å². The van der Waals surface area contributed by atoms with E-state index in [1.165, 1.54) is 6.07 Å². The molecule has 5 heteroatoms. The molecule has 0 spiro atoms. The van der Waals surface area contributed by atoms with Crippen molar-refractivity contribution in [2.24, 2.45) is 0 Å². The highest BCUT2D eigenvalue weighted by atomic mass is 19.1. The second-order valence-corrected chi connectivity index (χ2v) is 7.59. The molecule has 4 nitrogen and oxygen atoms in total. The molecule has 0 unspecified atom stereocenters. The molecule has 0 radical (unpaired) electrons. The first-order valence-corrected chi connectivity index (χ1v) is 10.1. The maximum Gasteiger partial charge on any atom is 0.246 e. The van der Waals surface area contributed by atoms with Gasteiger partial charge in [0.05, 0.1) is 0 Å². The summed E-state index contributed by atoms with van der Waals surface area (Å²) < 4.78 is 13.3. The van der Waals surface area contributed by atoms with Gasteiger partial charge in [0.2, 0.25) is 5.91 Å². The first kappa shape index (κ1) is 19.4. The smallest absolute Gasteiger partial charge is 0.246 e. The Hall–Kier alpha value is -2.92. The van der Waals surface area contributed by atoms with Gasteiger partial charge >= 0.3 is 0 Å². The second-order valence-electron chi connectivity index (χ2n) is 7.59. The van der Waals surface area contributed by atoms with Crippen molar-refractivity contribution in [2.45, 2.75) is 13.3 Å². The predicted octanol–water partition coefficient (Wildman–Crippen LogP) is 4.02. The number of aryl methyl sites for hydroxylation is 1. The molecule has 1 N–H and O–H groups in total. The molecule has 1 saturated heterocycles. The van der Waals surface area contributed by atoms with Gasteiger partial charge in [0.15, 0.2) is 0 Å². The molecule has 0 bridgehead atoms. The van der Waals surface area contributed by atoms with Gasteiger partial charge in [0, 0.05) is 61.0 Å². The zero-order valence-electron chi connectivity index (χ0n) is 16.7. The minimum absolute atomic E-state index is 0.0551. The first-order chi connectivity index (χ1) is 14.1. The van der Waals surface area contributed by atoms with Crippen LogP contribution in [-0.2, 0) is 11.2 Å². The van der Waals surface area contributed by atoms with E-state index in [0.717, 1.165) is 66.9 Å². The Morgan fingerprint density at radius 2 is 1.90 bits per heavy atom. The van der Waals surface area contributed by atoms with Crippen LogP contribution in [0, 0.1) is 12.7 Å². The van der Waals surface area contributed by atoms with E-state index < -0.39 is 0 Å². The fraction of sp³-hybridized carbons (Fsp3) is 0.292. The molecule has 1 fully saturated rings. The number of rotatable bonds is 5. The van der Waals surface area contributed by atoms with E-state index in [-0.39, 0.29) is 11.7 Å². The monoisotopic (exact) mass is 391 g/mol. The summed E-state index contributed by atoms with van der Waals surface area (Å²) in [6, 6.07) is 14.9. The summed E-state index contributed by atoms with van der Waals surface area (Å²) in [5.41, 5.74) is 4.24. The number of amides is 1. The maximum atomic E-state index is 13.3. The first-order valence-electron chi connectivity index (χ1n) is 10.1. The minimum atomic E-state index is -0.185. The average molecular weight is 391 g/mol. The van der Waals surface area contributed by atoms with Crippen LogP contribution in [0.4, 0.5) is 4.39 Å². The molecule has 0 saturated carbocycles. The summed E-state index contributed by atoms with van der Waals surface area (Å²) >= 11 is 0. The van der Waals surface area contributed by atoms with Gasteiger partial charge in [-0.3, -0.25) is 9.69 Å². The number of carbonyl (C=O) groups is 1. The van der Waals surface area contributed by atoms with Gasteiger partial charge < -0.3 is 9.88 Å². The number of piperazine rings is 1. The molecule has 0 atom stereocenters. The van der Waals surface area contributed by atoms with Crippen LogP contribution in [0.3, 0.4) is 0 Å². The molecule has 29 heavy (non-hydrogen) atoms. The van der Waals surface area contributed by atoms with Gasteiger partial charge in [-0.25, -0.2) is 4.39 Å². The molecular weight excluding hydrogens is 365 g/mol. The largest absolute Gasteiger partial charge is 0.358 e.